The van der Waals surface area contributed by atoms with E-state index in [0.717, 1.165) is 11.8 Å². The molecule has 80 valence electrons. The molecule has 0 aromatic rings. The first-order valence-electron chi connectivity index (χ1n) is 4.13. The van der Waals surface area contributed by atoms with Gasteiger partial charge in [-0.2, -0.15) is 0 Å². The lowest BCUT2D eigenvalue weighted by atomic mass is 10.3. The van der Waals surface area contributed by atoms with Crippen LogP contribution in [-0.2, 0) is 4.79 Å². The van der Waals surface area contributed by atoms with Crippen LogP contribution in [0.1, 0.15) is 0 Å². The van der Waals surface area contributed by atoms with Gasteiger partial charge >= 0.3 is 0 Å². The minimum absolute atomic E-state index is 0.00757. The summed E-state index contributed by atoms with van der Waals surface area (Å²) in [6, 6.07) is -0.529. The summed E-state index contributed by atoms with van der Waals surface area (Å²) in [5.41, 5.74) is 0. The number of amides is 2. The predicted molar refractivity (Wildman–Crippen MR) is 50.9 cm³/mol. The van der Waals surface area contributed by atoms with Crippen molar-refractivity contribution in [3.8, 4) is 0 Å². The highest BCUT2D eigenvalue weighted by molar-refractivity contribution is 8.14. The van der Waals surface area contributed by atoms with Crippen LogP contribution in [0.15, 0.2) is 0 Å². The Morgan fingerprint density at radius 1 is 1.79 bits per heavy atom. The van der Waals surface area contributed by atoms with Crippen molar-refractivity contribution >= 4 is 22.9 Å². The Hall–Kier alpha value is -0.790. The van der Waals surface area contributed by atoms with Crippen LogP contribution >= 0.6 is 11.8 Å². The lowest BCUT2D eigenvalue weighted by Crippen LogP contribution is -2.45. The molecule has 14 heavy (non-hydrogen) atoms. The zero-order valence-corrected chi connectivity index (χ0v) is 8.21. The van der Waals surface area contributed by atoms with Gasteiger partial charge in [-0.15, -0.1) is 0 Å². The summed E-state index contributed by atoms with van der Waals surface area (Å²) in [5, 5.41) is 22.1. The second-order valence-electron chi connectivity index (χ2n) is 2.88. The maximum Gasteiger partial charge on any atom is 0.279 e. The summed E-state index contributed by atoms with van der Waals surface area (Å²) in [7, 11) is 0. The molecule has 0 saturated carbocycles. The normalized spacial score (nSPS) is 23.0. The van der Waals surface area contributed by atoms with Gasteiger partial charge in [-0.1, -0.05) is 11.8 Å². The number of nitrogens with one attached hydrogen (secondary N) is 2. The van der Waals surface area contributed by atoms with Crippen molar-refractivity contribution < 1.29 is 19.8 Å². The molecule has 2 unspecified atom stereocenters. The molecule has 2 atom stereocenters. The minimum Gasteiger partial charge on any atom is -0.394 e. The van der Waals surface area contributed by atoms with Crippen molar-refractivity contribution in [3.05, 3.63) is 0 Å². The van der Waals surface area contributed by atoms with E-state index in [0.29, 0.717) is 5.75 Å². The minimum atomic E-state index is -0.955. The predicted octanol–water partition coefficient (Wildman–Crippen LogP) is -1.72. The molecule has 1 aliphatic rings. The topological polar surface area (TPSA) is 98.7 Å². The maximum absolute atomic E-state index is 11.3. The fraction of sp³-hybridized carbons (Fsp3) is 0.714. The zero-order valence-electron chi connectivity index (χ0n) is 7.40. The van der Waals surface area contributed by atoms with Crippen molar-refractivity contribution in [3.63, 3.8) is 0 Å². The number of rotatable bonds is 4. The zero-order chi connectivity index (χ0) is 10.6. The number of aliphatic hydroxyl groups excluding tert-OH is 2. The van der Waals surface area contributed by atoms with E-state index in [2.05, 4.69) is 10.6 Å². The molecule has 2 amide bonds. The van der Waals surface area contributed by atoms with Gasteiger partial charge in [0, 0.05) is 12.3 Å². The molecule has 1 heterocycles. The third-order valence-electron chi connectivity index (χ3n) is 1.71. The van der Waals surface area contributed by atoms with Gasteiger partial charge in [0.25, 0.3) is 5.24 Å². The summed E-state index contributed by atoms with van der Waals surface area (Å²) in [6.45, 7) is -0.404. The molecule has 1 fully saturated rings. The summed E-state index contributed by atoms with van der Waals surface area (Å²) in [4.78, 5) is 22.0. The number of carbonyl (C=O) groups excluding carboxylic acids is 2. The molecule has 7 heteroatoms. The average molecular weight is 220 g/mol. The Balaban J connectivity index is 2.25. The van der Waals surface area contributed by atoms with Gasteiger partial charge in [-0.3, -0.25) is 9.59 Å². The van der Waals surface area contributed by atoms with Crippen molar-refractivity contribution in [2.75, 3.05) is 18.9 Å². The average Bonchev–Trinajstić information content (AvgIpc) is 2.60. The van der Waals surface area contributed by atoms with E-state index in [4.69, 9.17) is 10.2 Å². The SMILES string of the molecule is O=C1NC(C(=O)NCC(O)CO)CS1. The lowest BCUT2D eigenvalue weighted by Gasteiger charge is -2.12. The lowest BCUT2D eigenvalue weighted by molar-refractivity contribution is -0.122. The van der Waals surface area contributed by atoms with E-state index < -0.39 is 18.8 Å². The maximum atomic E-state index is 11.3. The van der Waals surface area contributed by atoms with Crippen LogP contribution in [0.25, 0.3) is 0 Å². The molecule has 1 aliphatic heterocycles. The summed E-state index contributed by atoms with van der Waals surface area (Å²) in [5.74, 6) is 0.0655. The monoisotopic (exact) mass is 220 g/mol. The largest absolute Gasteiger partial charge is 0.394 e. The molecule has 6 nitrogen and oxygen atoms in total. The molecular formula is C7H12N2O4S. The van der Waals surface area contributed by atoms with Gasteiger partial charge in [0.2, 0.25) is 5.91 Å². The molecule has 1 rings (SSSR count). The summed E-state index contributed by atoms with van der Waals surface area (Å²) < 4.78 is 0. The third kappa shape index (κ3) is 3.17. The summed E-state index contributed by atoms with van der Waals surface area (Å²) in [6.07, 6.45) is -0.955. The molecule has 4 N–H and O–H groups in total. The second kappa shape index (κ2) is 5.18. The van der Waals surface area contributed by atoms with Crippen molar-refractivity contribution in [2.24, 2.45) is 0 Å². The van der Waals surface area contributed by atoms with Crippen LogP contribution in [0.2, 0.25) is 0 Å². The van der Waals surface area contributed by atoms with Crippen LogP contribution in [0, 0.1) is 0 Å². The van der Waals surface area contributed by atoms with Crippen LogP contribution in [-0.4, -0.2) is 52.4 Å². The smallest absolute Gasteiger partial charge is 0.279 e. The van der Waals surface area contributed by atoms with Crippen LogP contribution in [0.3, 0.4) is 0 Å². The van der Waals surface area contributed by atoms with Gasteiger partial charge < -0.3 is 20.8 Å². The highest BCUT2D eigenvalue weighted by Gasteiger charge is 2.27. The fourth-order valence-corrected chi connectivity index (χ4v) is 1.71. The molecule has 0 spiro atoms. The van der Waals surface area contributed by atoms with Gasteiger partial charge in [-0.25, -0.2) is 0 Å². The molecule has 0 aromatic heterocycles. The first-order chi connectivity index (χ1) is 6.63. The number of aliphatic hydroxyl groups is 2. The molecule has 0 aliphatic carbocycles. The molecule has 0 radical (unpaired) electrons. The quantitative estimate of drug-likeness (QED) is 0.452. The molecule has 1 saturated heterocycles. The number of hydrogen-bond acceptors (Lipinski definition) is 5. The van der Waals surface area contributed by atoms with E-state index in [1.165, 1.54) is 0 Å². The molecule has 0 bridgehead atoms. The van der Waals surface area contributed by atoms with E-state index in [1.807, 2.05) is 0 Å². The Kier molecular flexibility index (Phi) is 4.18. The number of hydrogen-bond donors (Lipinski definition) is 4. The first-order valence-corrected chi connectivity index (χ1v) is 5.12. The Morgan fingerprint density at radius 2 is 2.50 bits per heavy atom. The molecular weight excluding hydrogens is 208 g/mol. The van der Waals surface area contributed by atoms with E-state index >= 15 is 0 Å². The highest BCUT2D eigenvalue weighted by Crippen LogP contribution is 2.12. The van der Waals surface area contributed by atoms with Gasteiger partial charge in [0.1, 0.15) is 6.04 Å². The van der Waals surface area contributed by atoms with Crippen molar-refractivity contribution in [1.29, 1.82) is 0 Å². The van der Waals surface area contributed by atoms with Crippen LogP contribution in [0.4, 0.5) is 4.79 Å². The first kappa shape index (κ1) is 11.3. The third-order valence-corrected chi connectivity index (χ3v) is 2.59. The van der Waals surface area contributed by atoms with E-state index in [9.17, 15) is 9.59 Å². The van der Waals surface area contributed by atoms with Gasteiger partial charge in [-0.05, 0) is 0 Å². The Morgan fingerprint density at radius 3 is 3.00 bits per heavy atom. The Bertz CT molecular complexity index is 236. The van der Waals surface area contributed by atoms with Crippen molar-refractivity contribution in [2.45, 2.75) is 12.1 Å². The highest BCUT2D eigenvalue weighted by atomic mass is 32.2. The second-order valence-corrected chi connectivity index (χ2v) is 3.87. The van der Waals surface area contributed by atoms with E-state index in [-0.39, 0.29) is 17.7 Å². The number of thioether (sulfide) groups is 1. The van der Waals surface area contributed by atoms with Gasteiger partial charge in [0.05, 0.1) is 12.7 Å². The molecule has 0 aromatic carbocycles. The van der Waals surface area contributed by atoms with E-state index in [1.54, 1.807) is 0 Å². The fourth-order valence-electron chi connectivity index (χ4n) is 0.932. The van der Waals surface area contributed by atoms with Crippen molar-refractivity contribution in [1.82, 2.24) is 10.6 Å². The Labute approximate surface area is 85.1 Å². The van der Waals surface area contributed by atoms with Gasteiger partial charge in [0.15, 0.2) is 0 Å². The number of carbonyl (C=O) groups is 2. The van der Waals surface area contributed by atoms with Crippen LogP contribution < -0.4 is 10.6 Å². The van der Waals surface area contributed by atoms with Crippen LogP contribution in [0.5, 0.6) is 0 Å². The standard InChI is InChI=1S/C7H12N2O4S/c10-2-4(11)1-8-6(12)5-3-14-7(13)9-5/h4-5,10-11H,1-3H2,(H,8,12)(H,9,13). The summed E-state index contributed by atoms with van der Waals surface area (Å²) >= 11 is 1.05.